The van der Waals surface area contributed by atoms with Crippen molar-refractivity contribution >= 4 is 11.7 Å². The smallest absolute Gasteiger partial charge is 0.222 e. The monoisotopic (exact) mass is 328 g/mol. The molecule has 23 heavy (non-hydrogen) atoms. The Morgan fingerprint density at radius 1 is 0.870 bits per heavy atom. The van der Waals surface area contributed by atoms with Crippen LogP contribution < -0.4 is 5.32 Å². The van der Waals surface area contributed by atoms with E-state index in [2.05, 4.69) is 34.1 Å². The second-order valence-corrected chi connectivity index (χ2v) is 6.68. The van der Waals surface area contributed by atoms with Crippen molar-refractivity contribution < 1.29 is 9.59 Å². The first-order valence-corrected chi connectivity index (χ1v) is 8.61. The maximum absolute atomic E-state index is 11.5. The van der Waals surface area contributed by atoms with Crippen LogP contribution >= 0.6 is 0 Å². The largest absolute Gasteiger partial charge is 0.355 e. The zero-order chi connectivity index (χ0) is 17.8. The highest BCUT2D eigenvalue weighted by Gasteiger charge is 2.08. The summed E-state index contributed by atoms with van der Waals surface area (Å²) in [7, 11) is 6.16. The number of rotatable bonds is 13. The van der Waals surface area contributed by atoms with Gasteiger partial charge < -0.3 is 15.1 Å². The number of likely N-dealkylation sites (N-methyl/N-ethyl adjacent to an activating group) is 3. The van der Waals surface area contributed by atoms with Crippen LogP contribution in [0.25, 0.3) is 0 Å². The quantitative estimate of drug-likeness (QED) is 0.535. The van der Waals surface area contributed by atoms with Crippen LogP contribution in [0.1, 0.15) is 27.2 Å². The van der Waals surface area contributed by atoms with Gasteiger partial charge in [-0.15, -0.1) is 0 Å². The van der Waals surface area contributed by atoms with E-state index < -0.39 is 0 Å². The van der Waals surface area contributed by atoms with E-state index >= 15 is 0 Å². The third-order valence-corrected chi connectivity index (χ3v) is 3.88. The van der Waals surface area contributed by atoms with E-state index in [1.165, 1.54) is 0 Å². The second-order valence-electron chi connectivity index (χ2n) is 6.68. The summed E-state index contributed by atoms with van der Waals surface area (Å²) >= 11 is 0. The number of amides is 1. The first-order valence-electron chi connectivity index (χ1n) is 8.61. The lowest BCUT2D eigenvalue weighted by Crippen LogP contribution is -2.39. The van der Waals surface area contributed by atoms with E-state index in [1.807, 2.05) is 27.8 Å². The van der Waals surface area contributed by atoms with Gasteiger partial charge in [-0.05, 0) is 21.1 Å². The first kappa shape index (κ1) is 22.0. The lowest BCUT2D eigenvalue weighted by Gasteiger charge is -2.24. The normalized spacial score (nSPS) is 11.7. The molecule has 0 aromatic rings. The van der Waals surface area contributed by atoms with Gasteiger partial charge in [0.2, 0.25) is 5.91 Å². The number of carbonyl (C=O) groups is 2. The Morgan fingerprint density at radius 2 is 1.35 bits per heavy atom. The second kappa shape index (κ2) is 12.4. The van der Waals surface area contributed by atoms with Crippen molar-refractivity contribution in [1.29, 1.82) is 0 Å². The maximum Gasteiger partial charge on any atom is 0.222 e. The summed E-state index contributed by atoms with van der Waals surface area (Å²) in [6.45, 7) is 11.6. The molecule has 6 heteroatoms. The van der Waals surface area contributed by atoms with Gasteiger partial charge in [-0.1, -0.05) is 20.8 Å². The summed E-state index contributed by atoms with van der Waals surface area (Å²) < 4.78 is 0. The van der Waals surface area contributed by atoms with Gasteiger partial charge in [-0.2, -0.15) is 0 Å². The van der Waals surface area contributed by atoms with Crippen molar-refractivity contribution in [3.63, 3.8) is 0 Å². The number of nitrogens with one attached hydrogen (secondary N) is 1. The summed E-state index contributed by atoms with van der Waals surface area (Å²) in [6.07, 6.45) is 0.609. The molecule has 136 valence electrons. The Kier molecular flexibility index (Phi) is 11.9. The highest BCUT2D eigenvalue weighted by molar-refractivity contribution is 5.80. The predicted octanol–water partition coefficient (Wildman–Crippen LogP) is 0.533. The number of hydrogen-bond acceptors (Lipinski definition) is 5. The molecule has 0 spiro atoms. The van der Waals surface area contributed by atoms with E-state index in [9.17, 15) is 9.59 Å². The predicted molar refractivity (Wildman–Crippen MR) is 95.6 cm³/mol. The van der Waals surface area contributed by atoms with Crippen LogP contribution in [0.2, 0.25) is 0 Å². The molecule has 0 aliphatic heterocycles. The molecule has 0 aliphatic rings. The lowest BCUT2D eigenvalue weighted by atomic mass is 10.2. The molecular formula is C17H36N4O2. The summed E-state index contributed by atoms with van der Waals surface area (Å²) in [5.41, 5.74) is 0. The molecular weight excluding hydrogens is 292 g/mol. The summed E-state index contributed by atoms with van der Waals surface area (Å²) in [5, 5.41) is 2.93. The number of carbonyl (C=O) groups excluding carboxylic acids is 2. The van der Waals surface area contributed by atoms with Crippen LogP contribution in [0.3, 0.4) is 0 Å². The Hall–Kier alpha value is -0.980. The molecule has 0 fully saturated rings. The average Bonchev–Trinajstić information content (AvgIpc) is 2.50. The molecule has 0 saturated heterocycles. The molecule has 0 bridgehead atoms. The first-order chi connectivity index (χ1) is 10.8. The Morgan fingerprint density at radius 3 is 1.83 bits per heavy atom. The number of nitrogens with zero attached hydrogens (tertiary/aromatic N) is 3. The van der Waals surface area contributed by atoms with E-state index in [0.717, 1.165) is 32.7 Å². The number of Topliss-reactive ketones (excluding diaryl/α,β-unsaturated/α-hetero) is 1. The fraction of sp³-hybridized carbons (Fsp3) is 0.882. The third kappa shape index (κ3) is 12.1. The van der Waals surface area contributed by atoms with Gasteiger partial charge in [-0.25, -0.2) is 0 Å². The van der Waals surface area contributed by atoms with Gasteiger partial charge in [0.1, 0.15) is 5.78 Å². The SMILES string of the molecule is CCC(=O)CN(C)CCN(C)CCN(C)CCNC(=O)C(C)C. The molecule has 0 radical (unpaired) electrons. The molecule has 0 aromatic heterocycles. The van der Waals surface area contributed by atoms with Crippen molar-refractivity contribution in [3.05, 3.63) is 0 Å². The highest BCUT2D eigenvalue weighted by Crippen LogP contribution is 1.92. The number of hydrogen-bond donors (Lipinski definition) is 1. The Balaban J connectivity index is 3.73. The van der Waals surface area contributed by atoms with Crippen molar-refractivity contribution in [3.8, 4) is 0 Å². The van der Waals surface area contributed by atoms with Gasteiger partial charge in [0.25, 0.3) is 0 Å². The topological polar surface area (TPSA) is 55.9 Å². The van der Waals surface area contributed by atoms with E-state index in [4.69, 9.17) is 0 Å². The lowest BCUT2D eigenvalue weighted by molar-refractivity contribution is -0.124. The van der Waals surface area contributed by atoms with E-state index in [-0.39, 0.29) is 11.8 Å². The summed E-state index contributed by atoms with van der Waals surface area (Å²) in [5.74, 6) is 0.446. The van der Waals surface area contributed by atoms with Crippen LogP contribution in [0.4, 0.5) is 0 Å². The molecule has 6 nitrogen and oxygen atoms in total. The van der Waals surface area contributed by atoms with Gasteiger partial charge in [-0.3, -0.25) is 14.5 Å². The van der Waals surface area contributed by atoms with Crippen LogP contribution in [0.15, 0.2) is 0 Å². The highest BCUT2D eigenvalue weighted by atomic mass is 16.1. The van der Waals surface area contributed by atoms with Gasteiger partial charge >= 0.3 is 0 Å². The van der Waals surface area contributed by atoms with Crippen LogP contribution in [-0.4, -0.2) is 93.3 Å². The van der Waals surface area contributed by atoms with Crippen molar-refractivity contribution in [2.75, 3.05) is 67.0 Å². The molecule has 0 saturated carbocycles. The molecule has 0 atom stereocenters. The minimum Gasteiger partial charge on any atom is -0.355 e. The fourth-order valence-corrected chi connectivity index (χ4v) is 1.97. The summed E-state index contributed by atoms with van der Waals surface area (Å²) in [6, 6.07) is 0. The molecule has 0 heterocycles. The van der Waals surface area contributed by atoms with Crippen LogP contribution in [-0.2, 0) is 9.59 Å². The van der Waals surface area contributed by atoms with E-state index in [0.29, 0.717) is 25.3 Å². The maximum atomic E-state index is 11.5. The van der Waals surface area contributed by atoms with Gasteiger partial charge in [0.15, 0.2) is 0 Å². The minimum atomic E-state index is 0.0445. The van der Waals surface area contributed by atoms with Crippen LogP contribution in [0, 0.1) is 5.92 Å². The molecule has 0 aliphatic carbocycles. The fourth-order valence-electron chi connectivity index (χ4n) is 1.97. The Bertz CT molecular complexity index is 347. The standard InChI is InChI=1S/C17H36N4O2/c1-7-16(22)14-21(6)13-12-20(5)11-10-19(4)9-8-18-17(23)15(2)3/h15H,7-14H2,1-6H3,(H,18,23). The minimum absolute atomic E-state index is 0.0445. The zero-order valence-corrected chi connectivity index (χ0v) is 15.9. The third-order valence-electron chi connectivity index (χ3n) is 3.88. The van der Waals surface area contributed by atoms with Gasteiger partial charge in [0, 0.05) is 51.6 Å². The van der Waals surface area contributed by atoms with Gasteiger partial charge in [0.05, 0.1) is 6.54 Å². The molecule has 0 aromatic carbocycles. The van der Waals surface area contributed by atoms with E-state index in [1.54, 1.807) is 0 Å². The average molecular weight is 329 g/mol. The van der Waals surface area contributed by atoms with Crippen molar-refractivity contribution in [1.82, 2.24) is 20.0 Å². The zero-order valence-electron chi connectivity index (χ0n) is 15.9. The van der Waals surface area contributed by atoms with Crippen LogP contribution in [0.5, 0.6) is 0 Å². The van der Waals surface area contributed by atoms with Crippen molar-refractivity contribution in [2.45, 2.75) is 27.2 Å². The molecule has 0 unspecified atom stereocenters. The molecule has 1 N–H and O–H groups in total. The molecule has 0 rings (SSSR count). The molecule has 1 amide bonds. The van der Waals surface area contributed by atoms with Crippen molar-refractivity contribution in [2.24, 2.45) is 5.92 Å². The summed E-state index contributed by atoms with van der Waals surface area (Å²) in [4.78, 5) is 29.4. The Labute approximate surface area is 142 Å². The number of ketones is 1.